The predicted molar refractivity (Wildman–Crippen MR) is 58.2 cm³/mol. The first-order chi connectivity index (χ1) is 6.91. The number of ether oxygens (including phenoxy) is 1. The molecule has 1 aliphatic carbocycles. The van der Waals surface area contributed by atoms with E-state index in [9.17, 15) is 9.90 Å². The lowest BCUT2D eigenvalue weighted by Crippen LogP contribution is -2.33. The van der Waals surface area contributed by atoms with E-state index in [0.29, 0.717) is 6.42 Å². The molecule has 0 aromatic carbocycles. The van der Waals surface area contributed by atoms with Gasteiger partial charge in [0.05, 0.1) is 6.10 Å². The van der Waals surface area contributed by atoms with E-state index in [4.69, 9.17) is 4.74 Å². The molecule has 0 bridgehead atoms. The first kappa shape index (κ1) is 12.0. The van der Waals surface area contributed by atoms with Crippen LogP contribution in [0.2, 0.25) is 0 Å². The van der Waals surface area contributed by atoms with Crippen molar-refractivity contribution in [3.05, 3.63) is 23.8 Å². The van der Waals surface area contributed by atoms with Crippen molar-refractivity contribution in [3.63, 3.8) is 0 Å². The van der Waals surface area contributed by atoms with Gasteiger partial charge in [-0.2, -0.15) is 0 Å². The second-order valence-electron chi connectivity index (χ2n) is 4.19. The highest BCUT2D eigenvalue weighted by Crippen LogP contribution is 2.30. The Morgan fingerprint density at radius 2 is 2.20 bits per heavy atom. The van der Waals surface area contributed by atoms with Gasteiger partial charge < -0.3 is 9.84 Å². The summed E-state index contributed by atoms with van der Waals surface area (Å²) in [5, 5.41) is 9.70. The molecule has 0 radical (unpaired) electrons. The Labute approximate surface area is 90.4 Å². The van der Waals surface area contributed by atoms with Gasteiger partial charge in [-0.3, -0.25) is 4.79 Å². The summed E-state index contributed by atoms with van der Waals surface area (Å²) < 4.78 is 5.20. The molecule has 15 heavy (non-hydrogen) atoms. The molecular formula is C12H18O3. The average Bonchev–Trinajstić information content (AvgIpc) is 2.09. The molecular weight excluding hydrogens is 192 g/mol. The first-order valence-corrected chi connectivity index (χ1v) is 5.10. The topological polar surface area (TPSA) is 46.5 Å². The number of aliphatic hydroxyl groups excluding tert-OH is 1. The van der Waals surface area contributed by atoms with Crippen LogP contribution in [-0.4, -0.2) is 23.3 Å². The lowest BCUT2D eigenvalue weighted by Gasteiger charge is -2.32. The zero-order chi connectivity index (χ0) is 11.6. The molecule has 3 unspecified atom stereocenters. The zero-order valence-corrected chi connectivity index (χ0v) is 9.49. The Balaban J connectivity index is 2.87. The lowest BCUT2D eigenvalue weighted by atomic mass is 9.82. The molecule has 0 aromatic rings. The van der Waals surface area contributed by atoms with Gasteiger partial charge in [-0.25, -0.2) is 0 Å². The second-order valence-corrected chi connectivity index (χ2v) is 4.19. The Morgan fingerprint density at radius 3 is 2.67 bits per heavy atom. The molecule has 0 saturated carbocycles. The highest BCUT2D eigenvalue weighted by Gasteiger charge is 2.30. The third-order valence-corrected chi connectivity index (χ3v) is 2.76. The number of aliphatic hydroxyl groups is 1. The summed E-state index contributed by atoms with van der Waals surface area (Å²) >= 11 is 0. The summed E-state index contributed by atoms with van der Waals surface area (Å²) in [4.78, 5) is 10.9. The maximum atomic E-state index is 10.9. The molecule has 3 nitrogen and oxygen atoms in total. The Hall–Kier alpha value is -1.09. The summed E-state index contributed by atoms with van der Waals surface area (Å²) in [5.74, 6) is -0.278. The highest BCUT2D eigenvalue weighted by molar-refractivity contribution is 5.66. The molecule has 0 spiro atoms. The van der Waals surface area contributed by atoms with Gasteiger partial charge in [0.15, 0.2) is 0 Å². The minimum absolute atomic E-state index is 0.0209. The fourth-order valence-electron chi connectivity index (χ4n) is 1.84. The van der Waals surface area contributed by atoms with Crippen molar-refractivity contribution in [3.8, 4) is 0 Å². The quantitative estimate of drug-likeness (QED) is 0.558. The van der Waals surface area contributed by atoms with E-state index < -0.39 is 6.10 Å². The number of hydrogen-bond acceptors (Lipinski definition) is 3. The van der Waals surface area contributed by atoms with Gasteiger partial charge in [0.1, 0.15) is 6.10 Å². The van der Waals surface area contributed by atoms with Gasteiger partial charge in [0, 0.05) is 12.8 Å². The molecule has 0 amide bonds. The molecule has 0 aromatic heterocycles. The van der Waals surface area contributed by atoms with Crippen molar-refractivity contribution in [2.24, 2.45) is 5.92 Å². The normalized spacial score (nSPS) is 30.7. The summed E-state index contributed by atoms with van der Waals surface area (Å²) in [7, 11) is 0. The molecule has 1 aliphatic rings. The Kier molecular flexibility index (Phi) is 3.69. The number of esters is 1. The van der Waals surface area contributed by atoms with Crippen LogP contribution >= 0.6 is 0 Å². The monoisotopic (exact) mass is 210 g/mol. The largest absolute Gasteiger partial charge is 0.458 e. The summed E-state index contributed by atoms with van der Waals surface area (Å²) in [6.07, 6.45) is 1.67. The van der Waals surface area contributed by atoms with Gasteiger partial charge in [-0.15, -0.1) is 0 Å². The van der Waals surface area contributed by atoms with Crippen LogP contribution in [-0.2, 0) is 9.53 Å². The summed E-state index contributed by atoms with van der Waals surface area (Å²) in [6, 6.07) is 0. The van der Waals surface area contributed by atoms with Crippen molar-refractivity contribution in [1.29, 1.82) is 0 Å². The van der Waals surface area contributed by atoms with Gasteiger partial charge in [0.25, 0.3) is 0 Å². The fourth-order valence-corrected chi connectivity index (χ4v) is 1.84. The van der Waals surface area contributed by atoms with Gasteiger partial charge >= 0.3 is 5.97 Å². The minimum atomic E-state index is -0.446. The maximum Gasteiger partial charge on any atom is 0.303 e. The molecule has 84 valence electrons. The third-order valence-electron chi connectivity index (χ3n) is 2.76. The van der Waals surface area contributed by atoms with Crippen molar-refractivity contribution >= 4 is 5.97 Å². The smallest absolute Gasteiger partial charge is 0.303 e. The van der Waals surface area contributed by atoms with Crippen LogP contribution in [0.25, 0.3) is 0 Å². The van der Waals surface area contributed by atoms with E-state index in [1.54, 1.807) is 0 Å². The zero-order valence-electron chi connectivity index (χ0n) is 9.49. The van der Waals surface area contributed by atoms with Crippen molar-refractivity contribution in [2.75, 3.05) is 0 Å². The van der Waals surface area contributed by atoms with Crippen LogP contribution in [0.15, 0.2) is 23.8 Å². The Morgan fingerprint density at radius 1 is 1.60 bits per heavy atom. The molecule has 0 heterocycles. The van der Waals surface area contributed by atoms with Crippen LogP contribution in [0.5, 0.6) is 0 Å². The van der Waals surface area contributed by atoms with Gasteiger partial charge in [-0.05, 0) is 31.9 Å². The summed E-state index contributed by atoms with van der Waals surface area (Å²) in [5.41, 5.74) is 1.79. The number of carbonyl (C=O) groups is 1. The standard InChI is InChI=1S/C12H18O3/c1-7(2)10-6-11(14)8(3)5-12(10)15-9(4)13/h5,10-12,14H,1,6H2,2-4H3. The van der Waals surface area contributed by atoms with Crippen molar-refractivity contribution in [2.45, 2.75) is 39.4 Å². The molecule has 0 fully saturated rings. The SMILES string of the molecule is C=C(C)C1CC(O)C(C)=CC1OC(C)=O. The van der Waals surface area contributed by atoms with E-state index in [-0.39, 0.29) is 18.0 Å². The average molecular weight is 210 g/mol. The highest BCUT2D eigenvalue weighted by atomic mass is 16.5. The van der Waals surface area contributed by atoms with Crippen LogP contribution in [0, 0.1) is 5.92 Å². The third kappa shape index (κ3) is 2.93. The molecule has 3 heteroatoms. The number of hydrogen-bond donors (Lipinski definition) is 1. The molecule has 3 atom stereocenters. The van der Waals surface area contributed by atoms with E-state index in [1.165, 1.54) is 6.92 Å². The van der Waals surface area contributed by atoms with E-state index in [0.717, 1.165) is 11.1 Å². The van der Waals surface area contributed by atoms with Crippen LogP contribution < -0.4 is 0 Å². The van der Waals surface area contributed by atoms with Crippen molar-refractivity contribution in [1.82, 2.24) is 0 Å². The first-order valence-electron chi connectivity index (χ1n) is 5.10. The number of carbonyl (C=O) groups excluding carboxylic acids is 1. The summed E-state index contributed by atoms with van der Waals surface area (Å²) in [6.45, 7) is 8.99. The van der Waals surface area contributed by atoms with Crippen LogP contribution in [0.4, 0.5) is 0 Å². The van der Waals surface area contributed by atoms with Crippen LogP contribution in [0.1, 0.15) is 27.2 Å². The fraction of sp³-hybridized carbons (Fsp3) is 0.583. The van der Waals surface area contributed by atoms with E-state index in [2.05, 4.69) is 6.58 Å². The molecule has 1 N–H and O–H groups in total. The van der Waals surface area contributed by atoms with Gasteiger partial charge in [0.2, 0.25) is 0 Å². The predicted octanol–water partition coefficient (Wildman–Crippen LogP) is 1.82. The molecule has 0 saturated heterocycles. The van der Waals surface area contributed by atoms with Crippen molar-refractivity contribution < 1.29 is 14.6 Å². The minimum Gasteiger partial charge on any atom is -0.458 e. The molecule has 1 rings (SSSR count). The molecule has 0 aliphatic heterocycles. The van der Waals surface area contributed by atoms with E-state index in [1.807, 2.05) is 19.9 Å². The number of rotatable bonds is 2. The second kappa shape index (κ2) is 4.62. The van der Waals surface area contributed by atoms with Crippen LogP contribution in [0.3, 0.4) is 0 Å². The van der Waals surface area contributed by atoms with E-state index >= 15 is 0 Å². The van der Waals surface area contributed by atoms with Gasteiger partial charge in [-0.1, -0.05) is 12.2 Å². The Bertz CT molecular complexity index is 304. The lowest BCUT2D eigenvalue weighted by molar-refractivity contribution is -0.146. The maximum absolute atomic E-state index is 10.9.